The SMILES string of the molecule is CCCOc1cc(C)c(Cl)cc1CC(C)C1OC1CC. The van der Waals surface area contributed by atoms with Gasteiger partial charge in [-0.3, -0.25) is 0 Å². The van der Waals surface area contributed by atoms with Crippen LogP contribution in [0.15, 0.2) is 12.1 Å². The average molecular weight is 297 g/mol. The standard InChI is InChI=1S/C17H25ClO2/c1-5-7-19-16-9-11(3)14(18)10-13(16)8-12(4)17-15(6-2)20-17/h9-10,12,15,17H,5-8H2,1-4H3. The molecule has 3 unspecified atom stereocenters. The summed E-state index contributed by atoms with van der Waals surface area (Å²) >= 11 is 6.27. The normalized spacial score (nSPS) is 22.6. The Morgan fingerprint density at radius 2 is 2.10 bits per heavy atom. The summed E-state index contributed by atoms with van der Waals surface area (Å²) in [4.78, 5) is 0. The molecule has 0 bridgehead atoms. The third kappa shape index (κ3) is 3.67. The van der Waals surface area contributed by atoms with E-state index in [1.165, 1.54) is 5.56 Å². The summed E-state index contributed by atoms with van der Waals surface area (Å²) in [6.07, 6.45) is 3.92. The van der Waals surface area contributed by atoms with Crippen molar-refractivity contribution in [2.24, 2.45) is 5.92 Å². The molecule has 1 saturated heterocycles. The zero-order valence-electron chi connectivity index (χ0n) is 12.9. The molecule has 0 aromatic heterocycles. The Bertz CT molecular complexity index is 459. The first-order valence-electron chi connectivity index (χ1n) is 7.64. The number of halogens is 1. The molecule has 1 aliphatic rings. The highest BCUT2D eigenvalue weighted by Crippen LogP contribution is 2.36. The molecule has 2 nitrogen and oxygen atoms in total. The molecular formula is C17H25ClO2. The number of hydrogen-bond acceptors (Lipinski definition) is 2. The zero-order valence-corrected chi connectivity index (χ0v) is 13.7. The van der Waals surface area contributed by atoms with Crippen LogP contribution in [-0.2, 0) is 11.2 Å². The molecule has 0 radical (unpaired) electrons. The van der Waals surface area contributed by atoms with Gasteiger partial charge in [0.15, 0.2) is 0 Å². The Morgan fingerprint density at radius 1 is 1.35 bits per heavy atom. The smallest absolute Gasteiger partial charge is 0.122 e. The number of epoxide rings is 1. The van der Waals surface area contributed by atoms with Crippen molar-refractivity contribution in [3.8, 4) is 5.75 Å². The van der Waals surface area contributed by atoms with Crippen molar-refractivity contribution in [3.63, 3.8) is 0 Å². The molecule has 112 valence electrons. The monoisotopic (exact) mass is 296 g/mol. The Labute approximate surface area is 127 Å². The van der Waals surface area contributed by atoms with Crippen molar-refractivity contribution in [1.29, 1.82) is 0 Å². The topological polar surface area (TPSA) is 21.8 Å². The van der Waals surface area contributed by atoms with Gasteiger partial charge in [-0.05, 0) is 55.4 Å². The maximum atomic E-state index is 6.27. The number of benzene rings is 1. The molecule has 3 heteroatoms. The quantitative estimate of drug-likeness (QED) is 0.675. The van der Waals surface area contributed by atoms with Gasteiger partial charge in [-0.1, -0.05) is 32.4 Å². The van der Waals surface area contributed by atoms with Crippen molar-refractivity contribution < 1.29 is 9.47 Å². The van der Waals surface area contributed by atoms with E-state index in [1.54, 1.807) is 0 Å². The molecule has 0 N–H and O–H groups in total. The molecule has 3 atom stereocenters. The average Bonchev–Trinajstić information content (AvgIpc) is 3.20. The largest absolute Gasteiger partial charge is 0.493 e. The molecule has 20 heavy (non-hydrogen) atoms. The van der Waals surface area contributed by atoms with Crippen LogP contribution in [0.1, 0.15) is 44.7 Å². The van der Waals surface area contributed by atoms with Crippen molar-refractivity contribution in [2.45, 2.75) is 59.2 Å². The van der Waals surface area contributed by atoms with Crippen LogP contribution >= 0.6 is 11.6 Å². The fraction of sp³-hybridized carbons (Fsp3) is 0.647. The van der Waals surface area contributed by atoms with Crippen LogP contribution < -0.4 is 4.74 Å². The van der Waals surface area contributed by atoms with E-state index in [0.717, 1.165) is 42.2 Å². The second-order valence-corrected chi connectivity index (χ2v) is 6.19. The Morgan fingerprint density at radius 3 is 2.70 bits per heavy atom. The second-order valence-electron chi connectivity index (χ2n) is 5.79. The van der Waals surface area contributed by atoms with Gasteiger partial charge in [0.1, 0.15) is 5.75 Å². The summed E-state index contributed by atoms with van der Waals surface area (Å²) in [7, 11) is 0. The molecular weight excluding hydrogens is 272 g/mol. The van der Waals surface area contributed by atoms with Crippen LogP contribution in [0, 0.1) is 12.8 Å². The van der Waals surface area contributed by atoms with Crippen LogP contribution in [0.25, 0.3) is 0 Å². The van der Waals surface area contributed by atoms with Gasteiger partial charge in [0.2, 0.25) is 0 Å². The predicted molar refractivity (Wildman–Crippen MR) is 83.8 cm³/mol. The van der Waals surface area contributed by atoms with E-state index in [0.29, 0.717) is 18.1 Å². The summed E-state index contributed by atoms with van der Waals surface area (Å²) in [5.74, 6) is 1.48. The number of hydrogen-bond donors (Lipinski definition) is 0. The first-order valence-corrected chi connectivity index (χ1v) is 8.01. The van der Waals surface area contributed by atoms with Gasteiger partial charge in [-0.25, -0.2) is 0 Å². The van der Waals surface area contributed by atoms with E-state index in [1.807, 2.05) is 6.92 Å². The van der Waals surface area contributed by atoms with Gasteiger partial charge in [-0.15, -0.1) is 0 Å². The van der Waals surface area contributed by atoms with E-state index < -0.39 is 0 Å². The highest BCUT2D eigenvalue weighted by molar-refractivity contribution is 6.31. The first kappa shape index (κ1) is 15.7. The molecule has 1 aromatic carbocycles. The summed E-state index contributed by atoms with van der Waals surface area (Å²) in [5.41, 5.74) is 2.27. The Balaban J connectivity index is 2.10. The maximum absolute atomic E-state index is 6.27. The molecule has 1 aromatic rings. The molecule has 1 heterocycles. The van der Waals surface area contributed by atoms with Gasteiger partial charge in [0, 0.05) is 5.02 Å². The van der Waals surface area contributed by atoms with Crippen LogP contribution in [0.2, 0.25) is 5.02 Å². The summed E-state index contributed by atoms with van der Waals surface area (Å²) in [6, 6.07) is 4.12. The molecule has 0 amide bonds. The molecule has 0 aliphatic carbocycles. The van der Waals surface area contributed by atoms with Crippen LogP contribution in [0.4, 0.5) is 0 Å². The lowest BCUT2D eigenvalue weighted by molar-refractivity contribution is 0.304. The lowest BCUT2D eigenvalue weighted by atomic mass is 9.94. The lowest BCUT2D eigenvalue weighted by Gasteiger charge is -2.16. The van der Waals surface area contributed by atoms with Gasteiger partial charge >= 0.3 is 0 Å². The van der Waals surface area contributed by atoms with Crippen molar-refractivity contribution in [3.05, 3.63) is 28.3 Å². The first-order chi connectivity index (χ1) is 9.56. The fourth-order valence-corrected chi connectivity index (χ4v) is 2.84. The number of ether oxygens (including phenoxy) is 2. The fourth-order valence-electron chi connectivity index (χ4n) is 2.65. The van der Waals surface area contributed by atoms with E-state index in [2.05, 4.69) is 32.9 Å². The minimum atomic E-state index is 0.402. The van der Waals surface area contributed by atoms with Crippen LogP contribution in [0.3, 0.4) is 0 Å². The predicted octanol–water partition coefficient (Wildman–Crippen LogP) is 4.79. The van der Waals surface area contributed by atoms with E-state index in [9.17, 15) is 0 Å². The van der Waals surface area contributed by atoms with Crippen molar-refractivity contribution in [1.82, 2.24) is 0 Å². The van der Waals surface area contributed by atoms with E-state index in [-0.39, 0.29) is 0 Å². The van der Waals surface area contributed by atoms with Crippen LogP contribution in [0.5, 0.6) is 5.75 Å². The Hall–Kier alpha value is -0.730. The summed E-state index contributed by atoms with van der Waals surface area (Å²) in [6.45, 7) is 9.31. The van der Waals surface area contributed by atoms with Gasteiger partial charge in [0.25, 0.3) is 0 Å². The third-order valence-corrected chi connectivity index (χ3v) is 4.34. The molecule has 2 rings (SSSR count). The lowest BCUT2D eigenvalue weighted by Crippen LogP contribution is -2.11. The number of aryl methyl sites for hydroxylation is 1. The highest BCUT2D eigenvalue weighted by Gasteiger charge is 2.41. The van der Waals surface area contributed by atoms with Gasteiger partial charge in [0.05, 0.1) is 18.8 Å². The summed E-state index contributed by atoms with van der Waals surface area (Å²) in [5, 5.41) is 0.819. The minimum Gasteiger partial charge on any atom is -0.493 e. The van der Waals surface area contributed by atoms with Gasteiger partial charge < -0.3 is 9.47 Å². The van der Waals surface area contributed by atoms with Crippen LogP contribution in [-0.4, -0.2) is 18.8 Å². The van der Waals surface area contributed by atoms with Crippen molar-refractivity contribution >= 4 is 11.6 Å². The van der Waals surface area contributed by atoms with Gasteiger partial charge in [-0.2, -0.15) is 0 Å². The Kier molecular flexibility index (Phi) is 5.34. The maximum Gasteiger partial charge on any atom is 0.122 e. The molecule has 1 aliphatic heterocycles. The third-order valence-electron chi connectivity index (χ3n) is 3.93. The summed E-state index contributed by atoms with van der Waals surface area (Å²) < 4.78 is 11.6. The zero-order chi connectivity index (χ0) is 14.7. The molecule has 0 saturated carbocycles. The minimum absolute atomic E-state index is 0.402. The molecule has 0 spiro atoms. The molecule has 1 fully saturated rings. The van der Waals surface area contributed by atoms with E-state index >= 15 is 0 Å². The second kappa shape index (κ2) is 6.82. The highest BCUT2D eigenvalue weighted by atomic mass is 35.5. The number of rotatable bonds is 7. The van der Waals surface area contributed by atoms with E-state index in [4.69, 9.17) is 21.1 Å². The van der Waals surface area contributed by atoms with Crippen molar-refractivity contribution in [2.75, 3.05) is 6.61 Å².